The van der Waals surface area contributed by atoms with E-state index in [0.717, 1.165) is 6.42 Å². The molecule has 0 aliphatic heterocycles. The lowest BCUT2D eigenvalue weighted by molar-refractivity contribution is -0.118. The summed E-state index contributed by atoms with van der Waals surface area (Å²) < 4.78 is 0. The van der Waals surface area contributed by atoms with Gasteiger partial charge in [0.15, 0.2) is 0 Å². The van der Waals surface area contributed by atoms with Crippen molar-refractivity contribution in [3.63, 3.8) is 0 Å². The second-order valence-electron chi connectivity index (χ2n) is 5.01. The van der Waals surface area contributed by atoms with Crippen LogP contribution in [0.2, 0.25) is 0 Å². The number of nitrogens with one attached hydrogen (secondary N) is 2. The first kappa shape index (κ1) is 15.2. The van der Waals surface area contributed by atoms with Gasteiger partial charge in [0, 0.05) is 23.2 Å². The minimum absolute atomic E-state index is 0.0560. The number of amides is 2. The predicted molar refractivity (Wildman–Crippen MR) is 77.1 cm³/mol. The van der Waals surface area contributed by atoms with Crippen LogP contribution >= 0.6 is 0 Å². The van der Waals surface area contributed by atoms with E-state index in [1.165, 1.54) is 0 Å². The van der Waals surface area contributed by atoms with E-state index >= 15 is 0 Å². The maximum Gasteiger partial charge on any atom is 0.251 e. The zero-order chi connectivity index (χ0) is 14.4. The summed E-state index contributed by atoms with van der Waals surface area (Å²) in [5.41, 5.74) is 1.21. The summed E-state index contributed by atoms with van der Waals surface area (Å²) in [5.74, 6) is -0.257. The van der Waals surface area contributed by atoms with E-state index in [-0.39, 0.29) is 23.8 Å². The normalized spacial score (nSPS) is 12.1. The van der Waals surface area contributed by atoms with Crippen molar-refractivity contribution in [2.75, 3.05) is 5.32 Å². The van der Waals surface area contributed by atoms with E-state index in [9.17, 15) is 9.59 Å². The van der Waals surface area contributed by atoms with Gasteiger partial charge in [0.05, 0.1) is 0 Å². The van der Waals surface area contributed by atoms with E-state index in [1.807, 2.05) is 27.7 Å². The van der Waals surface area contributed by atoms with Crippen LogP contribution in [0.3, 0.4) is 0 Å². The Balaban J connectivity index is 2.77. The molecular weight excluding hydrogens is 240 g/mol. The Morgan fingerprint density at radius 1 is 1.21 bits per heavy atom. The standard InChI is InChI=1S/C15H22N2O2/c1-5-11(4)16-15(19)12-7-6-8-13(9-12)17-14(18)10(2)3/h6-11H,5H2,1-4H3,(H,16,19)(H,17,18). The molecule has 0 saturated heterocycles. The van der Waals surface area contributed by atoms with Crippen LogP contribution in [0.15, 0.2) is 24.3 Å². The smallest absolute Gasteiger partial charge is 0.251 e. The van der Waals surface area contributed by atoms with E-state index in [1.54, 1.807) is 24.3 Å². The lowest BCUT2D eigenvalue weighted by atomic mass is 10.1. The first-order chi connectivity index (χ1) is 8.93. The van der Waals surface area contributed by atoms with Crippen molar-refractivity contribution in [3.05, 3.63) is 29.8 Å². The second kappa shape index (κ2) is 6.92. The molecule has 0 radical (unpaired) electrons. The van der Waals surface area contributed by atoms with Crippen molar-refractivity contribution >= 4 is 17.5 Å². The Labute approximate surface area is 114 Å². The number of benzene rings is 1. The van der Waals surface area contributed by atoms with Crippen molar-refractivity contribution in [1.29, 1.82) is 0 Å². The molecule has 1 unspecified atom stereocenters. The first-order valence-electron chi connectivity index (χ1n) is 6.65. The summed E-state index contributed by atoms with van der Waals surface area (Å²) in [6.07, 6.45) is 0.884. The van der Waals surface area contributed by atoms with Crippen molar-refractivity contribution in [3.8, 4) is 0 Å². The fourth-order valence-corrected chi connectivity index (χ4v) is 1.43. The molecule has 0 saturated carbocycles. The van der Waals surface area contributed by atoms with Gasteiger partial charge in [0.2, 0.25) is 5.91 Å². The van der Waals surface area contributed by atoms with Crippen molar-refractivity contribution in [2.24, 2.45) is 5.92 Å². The van der Waals surface area contributed by atoms with Crippen molar-refractivity contribution in [1.82, 2.24) is 5.32 Å². The molecule has 1 atom stereocenters. The molecular formula is C15H22N2O2. The number of hydrogen-bond acceptors (Lipinski definition) is 2. The number of anilines is 1. The highest BCUT2D eigenvalue weighted by molar-refractivity contribution is 5.97. The highest BCUT2D eigenvalue weighted by atomic mass is 16.2. The van der Waals surface area contributed by atoms with Gasteiger partial charge in [-0.3, -0.25) is 9.59 Å². The quantitative estimate of drug-likeness (QED) is 0.857. The molecule has 4 heteroatoms. The molecule has 0 aliphatic rings. The van der Waals surface area contributed by atoms with Gasteiger partial charge in [0.1, 0.15) is 0 Å². The lowest BCUT2D eigenvalue weighted by Crippen LogP contribution is -2.31. The first-order valence-corrected chi connectivity index (χ1v) is 6.65. The van der Waals surface area contributed by atoms with Crippen molar-refractivity contribution < 1.29 is 9.59 Å². The Morgan fingerprint density at radius 2 is 1.89 bits per heavy atom. The molecule has 1 aromatic rings. The molecule has 0 heterocycles. The summed E-state index contributed by atoms with van der Waals surface area (Å²) in [4.78, 5) is 23.6. The van der Waals surface area contributed by atoms with E-state index < -0.39 is 0 Å². The molecule has 1 rings (SSSR count). The summed E-state index contributed by atoms with van der Waals surface area (Å²) in [6.45, 7) is 7.64. The minimum atomic E-state index is -0.116. The zero-order valence-corrected chi connectivity index (χ0v) is 12.0. The minimum Gasteiger partial charge on any atom is -0.350 e. The molecule has 2 N–H and O–H groups in total. The molecule has 1 aromatic carbocycles. The maximum atomic E-state index is 12.0. The van der Waals surface area contributed by atoms with E-state index in [4.69, 9.17) is 0 Å². The summed E-state index contributed by atoms with van der Waals surface area (Å²) in [6, 6.07) is 7.11. The molecule has 4 nitrogen and oxygen atoms in total. The van der Waals surface area contributed by atoms with Gasteiger partial charge in [0.25, 0.3) is 5.91 Å². The van der Waals surface area contributed by atoms with E-state index in [2.05, 4.69) is 10.6 Å². The number of rotatable bonds is 5. The molecule has 0 spiro atoms. The third kappa shape index (κ3) is 4.73. The molecule has 0 aliphatic carbocycles. The second-order valence-corrected chi connectivity index (χ2v) is 5.01. The lowest BCUT2D eigenvalue weighted by Gasteiger charge is -2.12. The van der Waals surface area contributed by atoms with Gasteiger partial charge in [-0.05, 0) is 31.5 Å². The number of carbonyl (C=O) groups is 2. The van der Waals surface area contributed by atoms with Crippen LogP contribution in [-0.4, -0.2) is 17.9 Å². The van der Waals surface area contributed by atoms with E-state index in [0.29, 0.717) is 11.3 Å². The Kier molecular flexibility index (Phi) is 5.55. The van der Waals surface area contributed by atoms with Crippen LogP contribution in [0.5, 0.6) is 0 Å². The van der Waals surface area contributed by atoms with Crippen LogP contribution in [0.25, 0.3) is 0 Å². The molecule has 0 bridgehead atoms. The number of hydrogen-bond donors (Lipinski definition) is 2. The Hall–Kier alpha value is -1.84. The fourth-order valence-electron chi connectivity index (χ4n) is 1.43. The predicted octanol–water partition coefficient (Wildman–Crippen LogP) is 2.81. The summed E-state index contributed by atoms with van der Waals surface area (Å²) in [5, 5.41) is 5.68. The fraction of sp³-hybridized carbons (Fsp3) is 0.467. The van der Waals surface area contributed by atoms with Gasteiger partial charge >= 0.3 is 0 Å². The summed E-state index contributed by atoms with van der Waals surface area (Å²) >= 11 is 0. The molecule has 104 valence electrons. The molecule has 2 amide bonds. The Morgan fingerprint density at radius 3 is 2.47 bits per heavy atom. The number of carbonyl (C=O) groups excluding carboxylic acids is 2. The van der Waals surface area contributed by atoms with Crippen molar-refractivity contribution in [2.45, 2.75) is 40.2 Å². The SMILES string of the molecule is CCC(C)NC(=O)c1cccc(NC(=O)C(C)C)c1. The largest absolute Gasteiger partial charge is 0.350 e. The average molecular weight is 262 g/mol. The highest BCUT2D eigenvalue weighted by Crippen LogP contribution is 2.12. The summed E-state index contributed by atoms with van der Waals surface area (Å²) in [7, 11) is 0. The Bertz CT molecular complexity index is 455. The van der Waals surface area contributed by atoms with Gasteiger partial charge in [-0.15, -0.1) is 0 Å². The van der Waals surface area contributed by atoms with Gasteiger partial charge in [-0.25, -0.2) is 0 Å². The molecule has 0 fully saturated rings. The highest BCUT2D eigenvalue weighted by Gasteiger charge is 2.11. The van der Waals surface area contributed by atoms with Crippen LogP contribution < -0.4 is 10.6 Å². The van der Waals surface area contributed by atoms with Crippen LogP contribution in [0, 0.1) is 5.92 Å². The van der Waals surface area contributed by atoms with Crippen LogP contribution in [-0.2, 0) is 4.79 Å². The van der Waals surface area contributed by atoms with Crippen LogP contribution in [0.4, 0.5) is 5.69 Å². The maximum absolute atomic E-state index is 12.0. The third-order valence-electron chi connectivity index (χ3n) is 2.91. The van der Waals surface area contributed by atoms with Gasteiger partial charge in [-0.1, -0.05) is 26.8 Å². The zero-order valence-electron chi connectivity index (χ0n) is 12.0. The third-order valence-corrected chi connectivity index (χ3v) is 2.91. The van der Waals surface area contributed by atoms with Gasteiger partial charge in [-0.2, -0.15) is 0 Å². The molecule has 19 heavy (non-hydrogen) atoms. The molecule has 0 aromatic heterocycles. The van der Waals surface area contributed by atoms with Gasteiger partial charge < -0.3 is 10.6 Å². The average Bonchev–Trinajstić information content (AvgIpc) is 2.38. The van der Waals surface area contributed by atoms with Crippen LogP contribution in [0.1, 0.15) is 44.5 Å². The topological polar surface area (TPSA) is 58.2 Å². The monoisotopic (exact) mass is 262 g/mol.